The third-order valence-electron chi connectivity index (χ3n) is 4.50. The Kier molecular flexibility index (Phi) is 9.34. The lowest BCUT2D eigenvalue weighted by atomic mass is 10.1. The Morgan fingerprint density at radius 1 is 1.11 bits per heavy atom. The van der Waals surface area contributed by atoms with Crippen LogP contribution < -0.4 is 9.47 Å². The van der Waals surface area contributed by atoms with Crippen LogP contribution in [0, 0.1) is 5.92 Å². The number of hydrogen-bond acceptors (Lipinski definition) is 6. The van der Waals surface area contributed by atoms with Crippen LogP contribution in [-0.4, -0.2) is 50.0 Å². The predicted molar refractivity (Wildman–Crippen MR) is 109 cm³/mol. The molecule has 28 heavy (non-hydrogen) atoms. The number of hydrogen-bond donors (Lipinski definition) is 1. The second kappa shape index (κ2) is 11.7. The van der Waals surface area contributed by atoms with Gasteiger partial charge in [-0.25, -0.2) is 0 Å². The second-order valence-electron chi connectivity index (χ2n) is 7.32. The molecule has 156 valence electrons. The molecule has 0 saturated carbocycles. The summed E-state index contributed by atoms with van der Waals surface area (Å²) < 4.78 is 21.8. The normalized spacial score (nSPS) is 12.5. The van der Waals surface area contributed by atoms with Crippen molar-refractivity contribution in [3.63, 3.8) is 0 Å². The van der Waals surface area contributed by atoms with Crippen molar-refractivity contribution in [3.05, 3.63) is 47.9 Å². The monoisotopic (exact) mass is 391 g/mol. The average molecular weight is 392 g/mol. The molecule has 1 aromatic heterocycles. The van der Waals surface area contributed by atoms with Crippen molar-refractivity contribution in [1.29, 1.82) is 0 Å². The first-order valence-electron chi connectivity index (χ1n) is 9.73. The standard InChI is InChI=1S/C22H33NO5/c1-17(2)10-11-23(13-18-7-5-9-21(25-3)22(18)26-4)14-19(24)15-27-16-20-8-6-12-28-20/h5-9,12,17,19,24H,10-11,13-16H2,1-4H3/t19-/m1/s1. The molecule has 0 saturated heterocycles. The fourth-order valence-electron chi connectivity index (χ4n) is 3.04. The van der Waals surface area contributed by atoms with E-state index in [1.165, 1.54) is 0 Å². The molecule has 0 unspecified atom stereocenters. The zero-order chi connectivity index (χ0) is 20.4. The van der Waals surface area contributed by atoms with Crippen molar-refractivity contribution < 1.29 is 23.7 Å². The summed E-state index contributed by atoms with van der Waals surface area (Å²) in [4.78, 5) is 2.23. The van der Waals surface area contributed by atoms with Gasteiger partial charge in [-0.3, -0.25) is 4.90 Å². The summed E-state index contributed by atoms with van der Waals surface area (Å²) in [6.07, 6.45) is 2.08. The second-order valence-corrected chi connectivity index (χ2v) is 7.32. The minimum Gasteiger partial charge on any atom is -0.493 e. The van der Waals surface area contributed by atoms with E-state index in [-0.39, 0.29) is 6.61 Å². The van der Waals surface area contributed by atoms with Crippen LogP contribution in [0.4, 0.5) is 0 Å². The molecule has 6 nitrogen and oxygen atoms in total. The molecule has 2 rings (SSSR count). The van der Waals surface area contributed by atoms with Gasteiger partial charge in [-0.15, -0.1) is 0 Å². The van der Waals surface area contributed by atoms with Gasteiger partial charge in [-0.1, -0.05) is 26.0 Å². The van der Waals surface area contributed by atoms with Crippen molar-refractivity contribution in [2.75, 3.05) is 33.9 Å². The van der Waals surface area contributed by atoms with Crippen LogP contribution >= 0.6 is 0 Å². The van der Waals surface area contributed by atoms with Crippen molar-refractivity contribution in [3.8, 4) is 11.5 Å². The third kappa shape index (κ3) is 7.19. The van der Waals surface area contributed by atoms with Crippen molar-refractivity contribution >= 4 is 0 Å². The SMILES string of the molecule is COc1cccc(CN(CCC(C)C)C[C@@H](O)COCc2ccco2)c1OC. The Labute approximate surface area is 168 Å². The number of furan rings is 1. The highest BCUT2D eigenvalue weighted by Crippen LogP contribution is 2.31. The molecule has 1 N–H and O–H groups in total. The Morgan fingerprint density at radius 3 is 2.57 bits per heavy atom. The molecule has 0 aliphatic carbocycles. The molecule has 1 atom stereocenters. The number of aliphatic hydroxyl groups is 1. The maximum atomic E-state index is 10.5. The van der Waals surface area contributed by atoms with Crippen LogP contribution in [0.1, 0.15) is 31.6 Å². The van der Waals surface area contributed by atoms with Gasteiger partial charge in [0.15, 0.2) is 11.5 Å². The molecular weight excluding hydrogens is 358 g/mol. The fourth-order valence-corrected chi connectivity index (χ4v) is 3.04. The summed E-state index contributed by atoms with van der Waals surface area (Å²) in [7, 11) is 3.29. The first-order valence-corrected chi connectivity index (χ1v) is 9.73. The van der Waals surface area contributed by atoms with Gasteiger partial charge >= 0.3 is 0 Å². The molecule has 0 aliphatic rings. The minimum atomic E-state index is -0.585. The van der Waals surface area contributed by atoms with Gasteiger partial charge in [0, 0.05) is 18.7 Å². The molecule has 0 aliphatic heterocycles. The number of rotatable bonds is 13. The van der Waals surface area contributed by atoms with Gasteiger partial charge in [-0.05, 0) is 37.1 Å². The topological polar surface area (TPSA) is 64.3 Å². The highest BCUT2D eigenvalue weighted by Gasteiger charge is 2.17. The number of para-hydroxylation sites is 1. The van der Waals surface area contributed by atoms with E-state index < -0.39 is 6.10 Å². The van der Waals surface area contributed by atoms with Crippen molar-refractivity contribution in [2.45, 2.75) is 39.5 Å². The van der Waals surface area contributed by atoms with Crippen LogP contribution in [0.3, 0.4) is 0 Å². The summed E-state index contributed by atoms with van der Waals surface area (Å²) >= 11 is 0. The Balaban J connectivity index is 1.96. The number of aliphatic hydroxyl groups excluding tert-OH is 1. The molecule has 0 spiro atoms. The lowest BCUT2D eigenvalue weighted by molar-refractivity contribution is 0.00316. The van der Waals surface area contributed by atoms with Crippen molar-refractivity contribution in [1.82, 2.24) is 4.90 Å². The lowest BCUT2D eigenvalue weighted by Gasteiger charge is -2.27. The van der Waals surface area contributed by atoms with Gasteiger partial charge in [0.05, 0.1) is 33.2 Å². The zero-order valence-electron chi connectivity index (χ0n) is 17.4. The Morgan fingerprint density at radius 2 is 1.93 bits per heavy atom. The molecule has 1 heterocycles. The van der Waals surface area contributed by atoms with E-state index in [0.29, 0.717) is 31.4 Å². The Bertz CT molecular complexity index is 672. The van der Waals surface area contributed by atoms with E-state index in [1.807, 2.05) is 30.3 Å². The van der Waals surface area contributed by atoms with Crippen LogP contribution in [0.25, 0.3) is 0 Å². The first-order chi connectivity index (χ1) is 13.5. The summed E-state index contributed by atoms with van der Waals surface area (Å²) in [5.41, 5.74) is 1.04. The van der Waals surface area contributed by atoms with Crippen LogP contribution in [0.5, 0.6) is 11.5 Å². The quantitative estimate of drug-likeness (QED) is 0.561. The van der Waals surface area contributed by atoms with E-state index in [4.69, 9.17) is 18.6 Å². The summed E-state index contributed by atoms with van der Waals surface area (Å²) in [5, 5.41) is 10.5. The molecule has 0 bridgehead atoms. The molecule has 6 heteroatoms. The maximum absolute atomic E-state index is 10.5. The molecular formula is C22H33NO5. The molecule has 0 fully saturated rings. The highest BCUT2D eigenvalue weighted by atomic mass is 16.5. The predicted octanol–water partition coefficient (Wildman–Crippen LogP) is 3.72. The van der Waals surface area contributed by atoms with E-state index in [2.05, 4.69) is 18.7 Å². The van der Waals surface area contributed by atoms with Gasteiger partial charge in [0.2, 0.25) is 0 Å². The summed E-state index contributed by atoms with van der Waals surface area (Å²) in [5.74, 6) is 2.79. The average Bonchev–Trinajstić information content (AvgIpc) is 3.19. The third-order valence-corrected chi connectivity index (χ3v) is 4.50. The van der Waals surface area contributed by atoms with Crippen LogP contribution in [-0.2, 0) is 17.9 Å². The minimum absolute atomic E-state index is 0.258. The maximum Gasteiger partial charge on any atom is 0.165 e. The van der Waals surface area contributed by atoms with E-state index in [1.54, 1.807) is 20.5 Å². The van der Waals surface area contributed by atoms with Gasteiger partial charge < -0.3 is 23.7 Å². The molecule has 0 amide bonds. The molecule has 1 aromatic carbocycles. The van der Waals surface area contributed by atoms with E-state index in [9.17, 15) is 5.11 Å². The fraction of sp³-hybridized carbons (Fsp3) is 0.545. The number of benzene rings is 1. The summed E-state index contributed by atoms with van der Waals surface area (Å²) in [6, 6.07) is 9.56. The van der Waals surface area contributed by atoms with Crippen LogP contribution in [0.15, 0.2) is 41.0 Å². The lowest BCUT2D eigenvalue weighted by Crippen LogP contribution is -2.35. The highest BCUT2D eigenvalue weighted by molar-refractivity contribution is 5.46. The summed E-state index contributed by atoms with van der Waals surface area (Å²) in [6.45, 7) is 7.09. The van der Waals surface area contributed by atoms with Gasteiger partial charge in [0.1, 0.15) is 12.4 Å². The smallest absolute Gasteiger partial charge is 0.165 e. The van der Waals surface area contributed by atoms with E-state index >= 15 is 0 Å². The van der Waals surface area contributed by atoms with Crippen molar-refractivity contribution in [2.24, 2.45) is 5.92 Å². The number of methoxy groups -OCH3 is 2. The van der Waals surface area contributed by atoms with Gasteiger partial charge in [0.25, 0.3) is 0 Å². The molecule has 2 aromatic rings. The van der Waals surface area contributed by atoms with Crippen LogP contribution in [0.2, 0.25) is 0 Å². The number of ether oxygens (including phenoxy) is 3. The Hall–Kier alpha value is -2.02. The first kappa shape index (κ1) is 22.3. The largest absolute Gasteiger partial charge is 0.493 e. The molecule has 0 radical (unpaired) electrons. The number of nitrogens with zero attached hydrogens (tertiary/aromatic N) is 1. The zero-order valence-corrected chi connectivity index (χ0v) is 17.4. The van der Waals surface area contributed by atoms with Gasteiger partial charge in [-0.2, -0.15) is 0 Å². The van der Waals surface area contributed by atoms with E-state index in [0.717, 1.165) is 30.0 Å².